The van der Waals surface area contributed by atoms with Gasteiger partial charge >= 0.3 is 0 Å². The van der Waals surface area contributed by atoms with E-state index in [1.807, 2.05) is 12.1 Å². The minimum absolute atomic E-state index is 0.215. The molecule has 0 bridgehead atoms. The van der Waals surface area contributed by atoms with Crippen molar-refractivity contribution in [3.8, 4) is 0 Å². The molecule has 4 aliphatic rings. The first-order valence-electron chi connectivity index (χ1n) is 20.2. The van der Waals surface area contributed by atoms with Gasteiger partial charge in [0.2, 0.25) is 0 Å². The van der Waals surface area contributed by atoms with Crippen molar-refractivity contribution in [2.24, 2.45) is 0 Å². The molecule has 0 spiro atoms. The first-order valence-corrected chi connectivity index (χ1v) is 23.3. The lowest BCUT2D eigenvalue weighted by atomic mass is 10.1. The first kappa shape index (κ1) is 42.5. The Balaban J connectivity index is 0.000000177. The summed E-state index contributed by atoms with van der Waals surface area (Å²) < 4.78 is 105. The molecule has 0 N–H and O–H groups in total. The van der Waals surface area contributed by atoms with Crippen molar-refractivity contribution in [1.29, 1.82) is 0 Å². The molecule has 0 radical (unpaired) electrons. The summed E-state index contributed by atoms with van der Waals surface area (Å²) in [5.74, 6) is -3.42. The molecule has 4 aromatic carbocycles. The van der Waals surface area contributed by atoms with E-state index >= 15 is 0 Å². The summed E-state index contributed by atoms with van der Waals surface area (Å²) in [6, 6.07) is 26.3. The van der Waals surface area contributed by atoms with Crippen molar-refractivity contribution in [3.63, 3.8) is 0 Å². The molecule has 2 saturated carbocycles. The van der Waals surface area contributed by atoms with Crippen LogP contribution >= 0.6 is 0 Å². The van der Waals surface area contributed by atoms with Crippen LogP contribution in [0.1, 0.15) is 49.7 Å². The number of nitrogens with zero attached hydrogens (tertiary/aromatic N) is 4. The van der Waals surface area contributed by atoms with Gasteiger partial charge in [-0.1, -0.05) is 60.7 Å². The second-order valence-electron chi connectivity index (χ2n) is 16.1. The van der Waals surface area contributed by atoms with Gasteiger partial charge in [0.05, 0.1) is 20.3 Å². The van der Waals surface area contributed by atoms with Crippen LogP contribution in [-0.4, -0.2) is 111 Å². The zero-order valence-electron chi connectivity index (χ0n) is 32.6. The van der Waals surface area contributed by atoms with E-state index in [1.54, 1.807) is 0 Å². The predicted molar refractivity (Wildman–Crippen MR) is 217 cm³/mol. The van der Waals surface area contributed by atoms with Crippen LogP contribution in [0.5, 0.6) is 0 Å². The predicted octanol–water partition coefficient (Wildman–Crippen LogP) is 6.95. The largest absolute Gasteiger partial charge is 0.298 e. The van der Waals surface area contributed by atoms with Gasteiger partial charge in [-0.25, -0.2) is 34.4 Å². The Hall–Kier alpha value is -3.66. The van der Waals surface area contributed by atoms with E-state index in [2.05, 4.69) is 68.1 Å². The minimum atomic E-state index is -3.72. The van der Waals surface area contributed by atoms with Gasteiger partial charge in [-0.15, -0.1) is 0 Å². The lowest BCUT2D eigenvalue weighted by Gasteiger charge is -2.38. The second kappa shape index (κ2) is 18.7. The van der Waals surface area contributed by atoms with Gasteiger partial charge in [-0.05, 0) is 73.9 Å². The van der Waals surface area contributed by atoms with E-state index in [1.165, 1.54) is 11.1 Å². The molecule has 0 amide bonds. The van der Waals surface area contributed by atoms with Gasteiger partial charge in [-0.2, -0.15) is 0 Å². The van der Waals surface area contributed by atoms with Crippen LogP contribution in [-0.2, 0) is 32.8 Å². The van der Waals surface area contributed by atoms with Crippen LogP contribution in [0.25, 0.3) is 0 Å². The lowest BCUT2D eigenvalue weighted by molar-refractivity contribution is 0.0938. The van der Waals surface area contributed by atoms with Crippen molar-refractivity contribution in [1.82, 2.24) is 19.6 Å². The topological polar surface area (TPSA) is 81.2 Å². The zero-order chi connectivity index (χ0) is 40.9. The van der Waals surface area contributed by atoms with Crippen molar-refractivity contribution in [2.75, 3.05) is 52.4 Å². The molecule has 2 aliphatic heterocycles. The molecule has 0 aromatic heterocycles. The van der Waals surface area contributed by atoms with Crippen LogP contribution in [0.4, 0.5) is 17.6 Å². The maximum absolute atomic E-state index is 13.5. The third kappa shape index (κ3) is 10.6. The third-order valence-electron chi connectivity index (χ3n) is 12.3. The molecular formula is C44H52F4N4O4S2. The zero-order valence-corrected chi connectivity index (χ0v) is 34.2. The van der Waals surface area contributed by atoms with E-state index in [0.717, 1.165) is 103 Å². The van der Waals surface area contributed by atoms with Crippen LogP contribution in [0, 0.1) is 23.3 Å². The van der Waals surface area contributed by atoms with Crippen molar-refractivity contribution >= 4 is 19.7 Å². The molecule has 4 aromatic rings. The maximum Gasteiger partial charge on any atom is 0.181 e. The first-order chi connectivity index (χ1) is 27.8. The summed E-state index contributed by atoms with van der Waals surface area (Å²) >= 11 is 0. The Bertz CT molecular complexity index is 2010. The number of rotatable bonds is 10. The fourth-order valence-electron chi connectivity index (χ4n) is 9.09. The molecule has 312 valence electrons. The molecule has 58 heavy (non-hydrogen) atoms. The molecule has 4 atom stereocenters. The van der Waals surface area contributed by atoms with E-state index in [4.69, 9.17) is 0 Å². The van der Waals surface area contributed by atoms with Gasteiger partial charge < -0.3 is 0 Å². The number of hydrogen-bond donors (Lipinski definition) is 0. The average molecular weight is 841 g/mol. The highest BCUT2D eigenvalue weighted by atomic mass is 32.2. The fourth-order valence-corrected chi connectivity index (χ4v) is 12.8. The maximum atomic E-state index is 13.5. The number of halogens is 4. The highest BCUT2D eigenvalue weighted by Crippen LogP contribution is 2.35. The molecule has 4 fully saturated rings. The Morgan fingerprint density at radius 1 is 0.448 bits per heavy atom. The molecule has 2 heterocycles. The fraction of sp³-hybridized carbons (Fsp3) is 0.455. The highest BCUT2D eigenvalue weighted by molar-refractivity contribution is 7.92. The van der Waals surface area contributed by atoms with Crippen LogP contribution in [0.2, 0.25) is 0 Å². The van der Waals surface area contributed by atoms with E-state index in [-0.39, 0.29) is 21.9 Å². The number of sulfone groups is 2. The Morgan fingerprint density at radius 2 is 0.776 bits per heavy atom. The van der Waals surface area contributed by atoms with E-state index in [9.17, 15) is 34.4 Å². The standard InChI is InChI=1S/2C22H26F2N2O2S/c2*23-18-12-19(24)14-22(13-18)29(27,28)21-7-6-20(15-21)26-10-8-25(9-11-26)16-17-4-2-1-3-5-17/h2*1-5,12-14,20-21H,6-11,15-16H2/t20-,21+;20-,21-/m00/s1. The third-order valence-corrected chi connectivity index (χ3v) is 16.7. The number of benzene rings is 4. The summed E-state index contributed by atoms with van der Waals surface area (Å²) in [6.45, 7) is 9.35. The van der Waals surface area contributed by atoms with Crippen LogP contribution < -0.4 is 0 Å². The highest BCUT2D eigenvalue weighted by Gasteiger charge is 2.40. The van der Waals surface area contributed by atoms with Gasteiger partial charge in [0.1, 0.15) is 23.3 Å². The minimum Gasteiger partial charge on any atom is -0.298 e. The average Bonchev–Trinajstić information content (AvgIpc) is 3.92. The Labute approximate surface area is 340 Å². The molecule has 2 aliphatic carbocycles. The summed E-state index contributed by atoms with van der Waals surface area (Å²) in [7, 11) is -7.45. The Kier molecular flexibility index (Phi) is 13.7. The van der Waals surface area contributed by atoms with Gasteiger partial charge in [0, 0.05) is 89.7 Å². The van der Waals surface area contributed by atoms with Crippen molar-refractivity contribution in [3.05, 3.63) is 131 Å². The van der Waals surface area contributed by atoms with Gasteiger partial charge in [0.25, 0.3) is 0 Å². The molecule has 8 rings (SSSR count). The van der Waals surface area contributed by atoms with E-state index < -0.39 is 53.4 Å². The molecule has 14 heteroatoms. The van der Waals surface area contributed by atoms with Crippen molar-refractivity contribution in [2.45, 2.75) is 84.0 Å². The SMILES string of the molecule is O=S(=O)(c1cc(F)cc(F)c1)[C@@H]1CC[C@H](N2CCN(Cc3ccccc3)CC2)C1.O=S(=O)(c1cc(F)cc(F)c1)[C@H]1CC[C@H](N2CCN(Cc3ccccc3)CC2)C1. The summed E-state index contributed by atoms with van der Waals surface area (Å²) in [5, 5.41) is -1.15. The molecule has 0 unspecified atom stereocenters. The molecule has 8 nitrogen and oxygen atoms in total. The van der Waals surface area contributed by atoms with Crippen molar-refractivity contribution < 1.29 is 34.4 Å². The second-order valence-corrected chi connectivity index (χ2v) is 20.5. The molecular weight excluding hydrogens is 789 g/mol. The van der Waals surface area contributed by atoms with Gasteiger partial charge in [-0.3, -0.25) is 19.6 Å². The summed E-state index contributed by atoms with van der Waals surface area (Å²) in [4.78, 5) is 9.11. The number of hydrogen-bond acceptors (Lipinski definition) is 8. The van der Waals surface area contributed by atoms with Crippen LogP contribution in [0.15, 0.2) is 107 Å². The normalized spacial score (nSPS) is 24.1. The molecule has 2 saturated heterocycles. The van der Waals surface area contributed by atoms with Gasteiger partial charge in [0.15, 0.2) is 19.7 Å². The van der Waals surface area contributed by atoms with E-state index in [0.29, 0.717) is 37.8 Å². The quantitative estimate of drug-likeness (QED) is 0.159. The summed E-state index contributed by atoms with van der Waals surface area (Å²) in [6.07, 6.45) is 3.74. The monoisotopic (exact) mass is 840 g/mol. The summed E-state index contributed by atoms with van der Waals surface area (Å²) in [5.41, 5.74) is 2.60. The number of piperazine rings is 2. The van der Waals surface area contributed by atoms with Crippen LogP contribution in [0.3, 0.4) is 0 Å². The smallest absolute Gasteiger partial charge is 0.181 e. The Morgan fingerprint density at radius 3 is 1.10 bits per heavy atom. The lowest BCUT2D eigenvalue weighted by Crippen LogP contribution is -2.49.